The molecule has 0 aliphatic rings. The average Bonchev–Trinajstić information content (AvgIpc) is 2.62. The van der Waals surface area contributed by atoms with E-state index in [-0.39, 0.29) is 18.2 Å². The van der Waals surface area contributed by atoms with Crippen molar-refractivity contribution in [3.63, 3.8) is 0 Å². The van der Waals surface area contributed by atoms with Crippen molar-refractivity contribution in [1.82, 2.24) is 9.88 Å². The standard InChI is InChI=1S/C10H18N2O3/c1-10(2,12(3)4)7-15-9-11-8(5-13)6-14-9/h6,13H,5,7H2,1-4H3. The maximum Gasteiger partial charge on any atom is 0.393 e. The minimum absolute atomic E-state index is 0.0894. The van der Waals surface area contributed by atoms with Gasteiger partial charge in [0.2, 0.25) is 0 Å². The van der Waals surface area contributed by atoms with Crippen molar-refractivity contribution in [2.45, 2.75) is 26.0 Å². The zero-order valence-corrected chi connectivity index (χ0v) is 9.65. The number of oxazole rings is 1. The molecule has 0 bridgehead atoms. The topological polar surface area (TPSA) is 58.7 Å². The molecule has 0 amide bonds. The van der Waals surface area contributed by atoms with E-state index in [9.17, 15) is 0 Å². The van der Waals surface area contributed by atoms with Crippen LogP contribution in [0.3, 0.4) is 0 Å². The summed E-state index contributed by atoms with van der Waals surface area (Å²) in [6.45, 7) is 4.46. The summed E-state index contributed by atoms with van der Waals surface area (Å²) in [5.74, 6) is 0. The van der Waals surface area contributed by atoms with Gasteiger partial charge in [-0.15, -0.1) is 0 Å². The molecule has 0 unspecified atom stereocenters. The van der Waals surface area contributed by atoms with E-state index in [0.717, 1.165) is 0 Å². The van der Waals surface area contributed by atoms with Crippen LogP contribution in [0.15, 0.2) is 10.7 Å². The van der Waals surface area contributed by atoms with Gasteiger partial charge in [-0.05, 0) is 27.9 Å². The van der Waals surface area contributed by atoms with Crippen LogP contribution in [0, 0.1) is 0 Å². The summed E-state index contributed by atoms with van der Waals surface area (Å²) in [5.41, 5.74) is 0.390. The Morgan fingerprint density at radius 1 is 1.53 bits per heavy atom. The second kappa shape index (κ2) is 4.63. The number of rotatable bonds is 5. The molecular formula is C10H18N2O3. The Bertz CT molecular complexity index is 307. The molecule has 5 heteroatoms. The lowest BCUT2D eigenvalue weighted by Gasteiger charge is -2.31. The highest BCUT2D eigenvalue weighted by Gasteiger charge is 2.22. The summed E-state index contributed by atoms with van der Waals surface area (Å²) in [7, 11) is 3.97. The zero-order chi connectivity index (χ0) is 11.5. The number of aromatic nitrogens is 1. The fourth-order valence-corrected chi connectivity index (χ4v) is 0.795. The molecule has 0 aromatic carbocycles. The predicted octanol–water partition coefficient (Wildman–Crippen LogP) is 0.886. The van der Waals surface area contributed by atoms with Crippen LogP contribution >= 0.6 is 0 Å². The lowest BCUT2D eigenvalue weighted by molar-refractivity contribution is 0.0927. The third kappa shape index (κ3) is 3.21. The van der Waals surface area contributed by atoms with E-state index in [2.05, 4.69) is 23.7 Å². The summed E-state index contributed by atoms with van der Waals surface area (Å²) < 4.78 is 10.4. The van der Waals surface area contributed by atoms with Gasteiger partial charge in [-0.1, -0.05) is 0 Å². The summed E-state index contributed by atoms with van der Waals surface area (Å²) in [6.07, 6.45) is 1.59. The number of hydrogen-bond donors (Lipinski definition) is 1. The van der Waals surface area contributed by atoms with Crippen LogP contribution < -0.4 is 4.74 Å². The minimum atomic E-state index is -0.135. The lowest BCUT2D eigenvalue weighted by atomic mass is 10.1. The molecule has 1 N–H and O–H groups in total. The lowest BCUT2D eigenvalue weighted by Crippen LogP contribution is -2.43. The van der Waals surface area contributed by atoms with E-state index in [1.54, 1.807) is 0 Å². The molecule has 0 fully saturated rings. The molecule has 0 atom stereocenters. The summed E-state index contributed by atoms with van der Waals surface area (Å²) in [6, 6.07) is 0. The first-order valence-electron chi connectivity index (χ1n) is 4.81. The Hall–Kier alpha value is -1.07. The first-order chi connectivity index (χ1) is 6.95. The third-order valence-electron chi connectivity index (χ3n) is 2.45. The van der Waals surface area contributed by atoms with Crippen molar-refractivity contribution >= 4 is 0 Å². The number of nitrogens with zero attached hydrogens (tertiary/aromatic N) is 2. The highest BCUT2D eigenvalue weighted by molar-refractivity contribution is 4.98. The zero-order valence-electron chi connectivity index (χ0n) is 9.65. The Morgan fingerprint density at radius 3 is 2.67 bits per heavy atom. The first kappa shape index (κ1) is 12.0. The van der Waals surface area contributed by atoms with Crippen molar-refractivity contribution < 1.29 is 14.3 Å². The van der Waals surface area contributed by atoms with E-state index in [0.29, 0.717) is 12.3 Å². The fourth-order valence-electron chi connectivity index (χ4n) is 0.795. The van der Waals surface area contributed by atoms with Crippen LogP contribution in [-0.2, 0) is 6.61 Å². The number of aliphatic hydroxyl groups excluding tert-OH is 1. The van der Waals surface area contributed by atoms with Gasteiger partial charge in [0.1, 0.15) is 18.6 Å². The van der Waals surface area contributed by atoms with Crippen LogP contribution in [-0.4, -0.2) is 41.2 Å². The molecule has 0 saturated heterocycles. The summed E-state index contributed by atoms with van der Waals surface area (Å²) in [4.78, 5) is 5.99. The molecule has 1 heterocycles. The fraction of sp³-hybridized carbons (Fsp3) is 0.700. The van der Waals surface area contributed by atoms with Gasteiger partial charge in [-0.3, -0.25) is 0 Å². The van der Waals surface area contributed by atoms with Gasteiger partial charge in [0, 0.05) is 5.54 Å². The van der Waals surface area contributed by atoms with E-state index in [4.69, 9.17) is 14.3 Å². The van der Waals surface area contributed by atoms with Crippen LogP contribution in [0.25, 0.3) is 0 Å². The van der Waals surface area contributed by atoms with Crippen LogP contribution in [0.2, 0.25) is 0 Å². The SMILES string of the molecule is CN(C)C(C)(C)COc1nc(CO)co1. The van der Waals surface area contributed by atoms with Gasteiger partial charge < -0.3 is 19.2 Å². The van der Waals surface area contributed by atoms with Crippen LogP contribution in [0.4, 0.5) is 0 Å². The van der Waals surface area contributed by atoms with Gasteiger partial charge in [0.25, 0.3) is 0 Å². The second-order valence-electron chi connectivity index (χ2n) is 4.26. The Morgan fingerprint density at radius 2 is 2.20 bits per heavy atom. The molecule has 86 valence electrons. The monoisotopic (exact) mass is 214 g/mol. The Balaban J connectivity index is 2.50. The van der Waals surface area contributed by atoms with E-state index in [1.165, 1.54) is 6.26 Å². The number of aliphatic hydroxyl groups is 1. The maximum absolute atomic E-state index is 8.78. The van der Waals surface area contributed by atoms with Crippen LogP contribution in [0.5, 0.6) is 6.08 Å². The summed E-state index contributed by atoms with van der Waals surface area (Å²) >= 11 is 0. The highest BCUT2D eigenvalue weighted by atomic mass is 16.6. The molecule has 0 aliphatic heterocycles. The molecule has 0 aliphatic carbocycles. The first-order valence-corrected chi connectivity index (χ1v) is 4.81. The highest BCUT2D eigenvalue weighted by Crippen LogP contribution is 2.15. The second-order valence-corrected chi connectivity index (χ2v) is 4.26. The van der Waals surface area contributed by atoms with Gasteiger partial charge in [0.15, 0.2) is 0 Å². The van der Waals surface area contributed by atoms with Crippen molar-refractivity contribution in [3.05, 3.63) is 12.0 Å². The molecule has 5 nitrogen and oxygen atoms in total. The van der Waals surface area contributed by atoms with Gasteiger partial charge >= 0.3 is 6.08 Å². The smallest absolute Gasteiger partial charge is 0.393 e. The quantitative estimate of drug-likeness (QED) is 0.788. The molecule has 1 aromatic rings. The van der Waals surface area contributed by atoms with Crippen molar-refractivity contribution in [2.24, 2.45) is 0 Å². The van der Waals surface area contributed by atoms with Crippen molar-refractivity contribution in [3.8, 4) is 6.08 Å². The predicted molar refractivity (Wildman–Crippen MR) is 55.7 cm³/mol. The normalized spacial score (nSPS) is 12.1. The molecule has 0 saturated carbocycles. The van der Waals surface area contributed by atoms with E-state index >= 15 is 0 Å². The van der Waals surface area contributed by atoms with E-state index in [1.807, 2.05) is 14.1 Å². The van der Waals surface area contributed by atoms with Crippen LogP contribution in [0.1, 0.15) is 19.5 Å². The van der Waals surface area contributed by atoms with Gasteiger partial charge in [-0.25, -0.2) is 0 Å². The average molecular weight is 214 g/mol. The molecule has 0 radical (unpaired) electrons. The number of hydrogen-bond acceptors (Lipinski definition) is 5. The Labute approximate surface area is 89.7 Å². The molecular weight excluding hydrogens is 196 g/mol. The van der Waals surface area contributed by atoms with Gasteiger partial charge in [-0.2, -0.15) is 4.98 Å². The molecule has 15 heavy (non-hydrogen) atoms. The Kier molecular flexibility index (Phi) is 3.71. The minimum Gasteiger partial charge on any atom is -0.448 e. The van der Waals surface area contributed by atoms with Crippen molar-refractivity contribution in [1.29, 1.82) is 0 Å². The van der Waals surface area contributed by atoms with Gasteiger partial charge in [0.05, 0.1) is 6.61 Å². The maximum atomic E-state index is 8.78. The number of likely N-dealkylation sites (N-methyl/N-ethyl adjacent to an activating group) is 1. The number of ether oxygens (including phenoxy) is 1. The molecule has 0 spiro atoms. The van der Waals surface area contributed by atoms with Crippen molar-refractivity contribution in [2.75, 3.05) is 20.7 Å². The largest absolute Gasteiger partial charge is 0.448 e. The third-order valence-corrected chi connectivity index (χ3v) is 2.45. The molecule has 1 aromatic heterocycles. The van der Waals surface area contributed by atoms with E-state index < -0.39 is 0 Å². The molecule has 1 rings (SSSR count). The summed E-state index contributed by atoms with van der Waals surface area (Å²) in [5, 5.41) is 8.78.